The van der Waals surface area contributed by atoms with E-state index in [0.717, 1.165) is 25.7 Å². The number of esters is 2. The third-order valence-corrected chi connectivity index (χ3v) is 16.3. The van der Waals surface area contributed by atoms with Crippen LogP contribution in [-0.4, -0.2) is 47.7 Å². The number of fused-ring (bicyclic) bond motifs is 7. The van der Waals surface area contributed by atoms with Gasteiger partial charge in [-0.25, -0.2) is 4.79 Å². The lowest BCUT2D eigenvalue weighted by Crippen LogP contribution is -2.66. The van der Waals surface area contributed by atoms with Crippen molar-refractivity contribution in [2.75, 3.05) is 6.61 Å². The number of aliphatic carboxylic acids is 1. The van der Waals surface area contributed by atoms with Gasteiger partial charge in [0.05, 0.1) is 19.4 Å². The molecule has 8 heteroatoms. The fourth-order valence-corrected chi connectivity index (χ4v) is 13.8. The summed E-state index contributed by atoms with van der Waals surface area (Å²) in [5.41, 5.74) is 1.69. The van der Waals surface area contributed by atoms with E-state index in [1.807, 2.05) is 13.8 Å². The lowest BCUT2D eigenvalue weighted by Gasteiger charge is -2.73. The van der Waals surface area contributed by atoms with Crippen LogP contribution < -0.4 is 0 Å². The summed E-state index contributed by atoms with van der Waals surface area (Å²) in [7, 11) is 0. The Morgan fingerprint density at radius 2 is 1.66 bits per heavy atom. The van der Waals surface area contributed by atoms with Crippen LogP contribution in [0.15, 0.2) is 22.4 Å². The number of hydrogen-bond donors (Lipinski definition) is 1. The molecule has 0 aromatic heterocycles. The van der Waals surface area contributed by atoms with Gasteiger partial charge >= 0.3 is 17.9 Å². The van der Waals surface area contributed by atoms with Gasteiger partial charge in [0.25, 0.3) is 0 Å². The zero-order chi connectivity index (χ0) is 36.5. The van der Waals surface area contributed by atoms with Crippen molar-refractivity contribution in [3.05, 3.63) is 12.2 Å². The Morgan fingerprint density at radius 1 is 0.920 bits per heavy atom. The zero-order valence-electron chi connectivity index (χ0n) is 32.2. The van der Waals surface area contributed by atoms with Gasteiger partial charge < -0.3 is 14.6 Å². The van der Waals surface area contributed by atoms with Crippen LogP contribution in [0, 0.1) is 62.1 Å². The number of rotatable bonds is 10. The first-order valence-corrected chi connectivity index (χ1v) is 19.6. The van der Waals surface area contributed by atoms with Gasteiger partial charge in [-0.3, -0.25) is 9.59 Å². The predicted molar refractivity (Wildman–Crippen MR) is 196 cm³/mol. The predicted octanol–water partition coefficient (Wildman–Crippen LogP) is 9.21. The van der Waals surface area contributed by atoms with Crippen molar-refractivity contribution >= 4 is 29.8 Å². The number of carboxylic acid groups (broad SMARTS) is 1. The van der Waals surface area contributed by atoms with Crippen LogP contribution in [0.25, 0.3) is 0 Å². The zero-order valence-corrected chi connectivity index (χ0v) is 32.2. The molecule has 0 amide bonds. The average Bonchev–Trinajstić information content (AvgIpc) is 3.67. The van der Waals surface area contributed by atoms with Gasteiger partial charge in [0.1, 0.15) is 6.10 Å². The van der Waals surface area contributed by atoms with Gasteiger partial charge in [0.2, 0.25) is 0 Å². The standard InChI is InChI=1S/C42H64N2O6/c1-26(2)27-12-18-42(21-23-49-36(48)29-15-22-43-44-29)20-19-40(8)28(35(27)42)10-11-31-39(7)16-14-32(38(5,6)30(39)13-17-41(31,40)9)50-34(47)25-37(3,4)24-33(45)46/h22,27-28,30-32,35H,1,10-21,23-25H2,2-9H3,(H,45,46)/t27-,28+,30-,31+,32-,35+,39-,40+,41+,42+/m0/s1. The number of carbonyl (C=O) groups is 3. The normalized spacial score (nSPS) is 41.6. The van der Waals surface area contributed by atoms with Crippen molar-refractivity contribution in [1.29, 1.82) is 0 Å². The van der Waals surface area contributed by atoms with Gasteiger partial charge in [0.15, 0.2) is 5.71 Å². The van der Waals surface area contributed by atoms with Crippen LogP contribution in [0.5, 0.6) is 0 Å². The number of allylic oxidation sites excluding steroid dienone is 1. The third-order valence-electron chi connectivity index (χ3n) is 16.3. The van der Waals surface area contributed by atoms with Crippen molar-refractivity contribution in [3.8, 4) is 0 Å². The largest absolute Gasteiger partial charge is 0.481 e. The number of ether oxygens (including phenoxy) is 2. The van der Waals surface area contributed by atoms with E-state index in [4.69, 9.17) is 9.47 Å². The molecule has 5 aliphatic carbocycles. The second-order valence-corrected chi connectivity index (χ2v) is 19.7. The van der Waals surface area contributed by atoms with Gasteiger partial charge in [-0.05, 0) is 134 Å². The molecule has 1 heterocycles. The van der Waals surface area contributed by atoms with Gasteiger partial charge in [-0.15, -0.1) is 5.10 Å². The lowest BCUT2D eigenvalue weighted by molar-refractivity contribution is -0.251. The van der Waals surface area contributed by atoms with Crippen molar-refractivity contribution in [2.24, 2.45) is 72.3 Å². The first-order valence-electron chi connectivity index (χ1n) is 19.6. The number of carbonyl (C=O) groups excluding carboxylic acids is 2. The second-order valence-electron chi connectivity index (χ2n) is 19.7. The minimum absolute atomic E-state index is 0.0502. The van der Waals surface area contributed by atoms with Gasteiger partial charge in [-0.1, -0.05) is 60.6 Å². The van der Waals surface area contributed by atoms with E-state index in [1.54, 1.807) is 6.21 Å². The minimum Gasteiger partial charge on any atom is -0.481 e. The van der Waals surface area contributed by atoms with E-state index in [2.05, 4.69) is 58.3 Å². The Bertz CT molecular complexity index is 1460. The molecule has 0 spiro atoms. The molecule has 0 unspecified atom stereocenters. The van der Waals surface area contributed by atoms with Crippen molar-refractivity contribution in [1.82, 2.24) is 0 Å². The maximum absolute atomic E-state index is 13.2. The van der Waals surface area contributed by atoms with E-state index in [0.29, 0.717) is 48.3 Å². The molecule has 8 nitrogen and oxygen atoms in total. The molecule has 0 aromatic carbocycles. The molecule has 1 N–H and O–H groups in total. The monoisotopic (exact) mass is 692 g/mol. The molecule has 5 saturated carbocycles. The van der Waals surface area contributed by atoms with Crippen molar-refractivity contribution in [2.45, 2.75) is 151 Å². The van der Waals surface area contributed by atoms with E-state index >= 15 is 0 Å². The van der Waals surface area contributed by atoms with Crippen LogP contribution in [0.2, 0.25) is 0 Å². The van der Waals surface area contributed by atoms with E-state index in [1.165, 1.54) is 50.5 Å². The fourth-order valence-electron chi connectivity index (χ4n) is 13.8. The Kier molecular flexibility index (Phi) is 9.58. The molecular formula is C42H64N2O6. The maximum Gasteiger partial charge on any atom is 0.354 e. The third kappa shape index (κ3) is 6.00. The van der Waals surface area contributed by atoms with Crippen LogP contribution in [0.4, 0.5) is 0 Å². The molecule has 0 aromatic rings. The molecule has 0 saturated heterocycles. The summed E-state index contributed by atoms with van der Waals surface area (Å²) in [6, 6.07) is 0. The highest BCUT2D eigenvalue weighted by atomic mass is 16.5. The smallest absolute Gasteiger partial charge is 0.354 e. The molecular weight excluding hydrogens is 628 g/mol. The molecule has 10 atom stereocenters. The molecule has 50 heavy (non-hydrogen) atoms. The Hall–Kier alpha value is -2.51. The second kappa shape index (κ2) is 12.9. The summed E-state index contributed by atoms with van der Waals surface area (Å²) in [5.74, 6) is 1.27. The van der Waals surface area contributed by atoms with E-state index in [-0.39, 0.29) is 58.0 Å². The van der Waals surface area contributed by atoms with Crippen LogP contribution >= 0.6 is 0 Å². The highest BCUT2D eigenvalue weighted by molar-refractivity contribution is 6.39. The van der Waals surface area contributed by atoms with E-state index < -0.39 is 11.4 Å². The molecule has 0 bridgehead atoms. The quantitative estimate of drug-likeness (QED) is 0.180. The molecule has 6 aliphatic rings. The molecule has 0 radical (unpaired) electrons. The van der Waals surface area contributed by atoms with Crippen LogP contribution in [0.1, 0.15) is 145 Å². The molecule has 278 valence electrons. The Morgan fingerprint density at radius 3 is 2.32 bits per heavy atom. The summed E-state index contributed by atoms with van der Waals surface area (Å²) in [4.78, 5) is 37.3. The highest BCUT2D eigenvalue weighted by Crippen LogP contribution is 2.78. The minimum atomic E-state index is -0.885. The highest BCUT2D eigenvalue weighted by Gasteiger charge is 2.71. The Balaban J connectivity index is 1.20. The summed E-state index contributed by atoms with van der Waals surface area (Å²) in [5, 5.41) is 17.1. The number of nitrogens with zero attached hydrogens (tertiary/aromatic N) is 2. The van der Waals surface area contributed by atoms with Gasteiger partial charge in [0, 0.05) is 18.1 Å². The van der Waals surface area contributed by atoms with Gasteiger partial charge in [-0.2, -0.15) is 5.10 Å². The van der Waals surface area contributed by atoms with Crippen LogP contribution in [0.3, 0.4) is 0 Å². The fraction of sp³-hybridized carbons (Fsp3) is 0.833. The van der Waals surface area contributed by atoms with E-state index in [9.17, 15) is 19.5 Å². The molecule has 1 aliphatic heterocycles. The number of carboxylic acids is 1. The first-order chi connectivity index (χ1) is 23.3. The van der Waals surface area contributed by atoms with Crippen molar-refractivity contribution < 1.29 is 29.0 Å². The number of hydrogen-bond acceptors (Lipinski definition) is 7. The molecule has 5 fully saturated rings. The van der Waals surface area contributed by atoms with Crippen molar-refractivity contribution in [3.63, 3.8) is 0 Å². The SMILES string of the molecule is C=C(C)[C@@H]1CC[C@]2(CCOC(=O)C3=NN=CC3)CC[C@]3(C)[C@H](CC[C@@H]4[C@@]5(C)CC[C@H](OC(=O)CC(C)(C)CC(=O)O)C(C)(C)[C@@H]5CC[C@]43C)[C@@H]12. The van der Waals surface area contributed by atoms with Crippen LogP contribution in [-0.2, 0) is 23.9 Å². The maximum atomic E-state index is 13.2. The summed E-state index contributed by atoms with van der Waals surface area (Å²) in [6.45, 7) is 23.4. The summed E-state index contributed by atoms with van der Waals surface area (Å²) >= 11 is 0. The average molecular weight is 693 g/mol. The Labute approximate surface area is 300 Å². The topological polar surface area (TPSA) is 115 Å². The summed E-state index contributed by atoms with van der Waals surface area (Å²) in [6.07, 6.45) is 14.4. The summed E-state index contributed by atoms with van der Waals surface area (Å²) < 4.78 is 12.1. The lowest BCUT2D eigenvalue weighted by atomic mass is 9.32. The first kappa shape index (κ1) is 37.3. The molecule has 6 rings (SSSR count).